The average Bonchev–Trinajstić information content (AvgIpc) is 3.08. The maximum Gasteiger partial charge on any atom is 0.228 e. The van der Waals surface area contributed by atoms with E-state index in [9.17, 15) is 9.59 Å². The number of rotatable bonds is 5. The van der Waals surface area contributed by atoms with Crippen molar-refractivity contribution in [1.82, 2.24) is 14.8 Å². The van der Waals surface area contributed by atoms with Gasteiger partial charge in [-0.15, -0.1) is 11.3 Å². The summed E-state index contributed by atoms with van der Waals surface area (Å²) in [5, 5.41) is 3.38. The fourth-order valence-electron chi connectivity index (χ4n) is 2.71. The molecule has 8 heteroatoms. The Morgan fingerprint density at radius 3 is 2.46 bits per heavy atom. The molecule has 0 atom stereocenters. The molecule has 2 heterocycles. The molecule has 0 unspecified atom stereocenters. The highest BCUT2D eigenvalue weighted by Crippen LogP contribution is 2.18. The summed E-state index contributed by atoms with van der Waals surface area (Å²) in [5.74, 6) is 0.830. The third-order valence-corrected chi connectivity index (χ3v) is 5.31. The maximum atomic E-state index is 12.4. The molecule has 0 aliphatic carbocycles. The Bertz CT molecular complexity index is 770. The van der Waals surface area contributed by atoms with E-state index >= 15 is 0 Å². The summed E-state index contributed by atoms with van der Waals surface area (Å²) in [7, 11) is 0. The minimum absolute atomic E-state index is 0.0451. The van der Waals surface area contributed by atoms with E-state index in [4.69, 9.17) is 16.3 Å². The highest BCUT2D eigenvalue weighted by atomic mass is 35.5. The van der Waals surface area contributed by atoms with E-state index in [0.29, 0.717) is 37.8 Å². The number of thiazole rings is 1. The van der Waals surface area contributed by atoms with Crippen LogP contribution in [0.2, 0.25) is 5.02 Å². The fraction of sp³-hybridized carbons (Fsp3) is 0.389. The molecule has 6 nitrogen and oxygen atoms in total. The molecule has 3 rings (SSSR count). The molecule has 1 saturated heterocycles. The van der Waals surface area contributed by atoms with Gasteiger partial charge in [-0.25, -0.2) is 4.98 Å². The molecule has 2 aromatic rings. The van der Waals surface area contributed by atoms with Crippen LogP contribution in [0.25, 0.3) is 0 Å². The number of hydrogen-bond donors (Lipinski definition) is 0. The lowest BCUT2D eigenvalue weighted by atomic mass is 10.2. The van der Waals surface area contributed by atoms with Gasteiger partial charge in [0.05, 0.1) is 12.1 Å². The number of aromatic nitrogens is 1. The number of carbonyl (C=O) groups excluding carboxylic acids is 2. The van der Waals surface area contributed by atoms with E-state index in [0.717, 1.165) is 16.5 Å². The Hall–Kier alpha value is -2.12. The van der Waals surface area contributed by atoms with Gasteiger partial charge < -0.3 is 14.5 Å². The minimum Gasteiger partial charge on any atom is -0.486 e. The SMILES string of the molecule is CC(=O)N1CCN(C(=O)Cc2csc(COc3ccc(Cl)cc3)n2)CC1. The molecule has 26 heavy (non-hydrogen) atoms. The lowest BCUT2D eigenvalue weighted by Gasteiger charge is -2.34. The quantitative estimate of drug-likeness (QED) is 0.783. The molecule has 0 spiro atoms. The number of carbonyl (C=O) groups is 2. The van der Waals surface area contributed by atoms with Crippen LogP contribution in [0.4, 0.5) is 0 Å². The second-order valence-electron chi connectivity index (χ2n) is 6.04. The van der Waals surface area contributed by atoms with Gasteiger partial charge in [-0.1, -0.05) is 11.6 Å². The predicted molar refractivity (Wildman–Crippen MR) is 100 cm³/mol. The summed E-state index contributed by atoms with van der Waals surface area (Å²) in [6.07, 6.45) is 0.275. The van der Waals surface area contributed by atoms with E-state index < -0.39 is 0 Å². The summed E-state index contributed by atoms with van der Waals surface area (Å²) in [6.45, 7) is 4.26. The van der Waals surface area contributed by atoms with Crippen LogP contribution in [0.1, 0.15) is 17.6 Å². The Labute approximate surface area is 161 Å². The smallest absolute Gasteiger partial charge is 0.228 e. The van der Waals surface area contributed by atoms with Gasteiger partial charge in [0.2, 0.25) is 11.8 Å². The molecule has 1 aromatic carbocycles. The first-order chi connectivity index (χ1) is 12.5. The zero-order valence-corrected chi connectivity index (χ0v) is 16.1. The van der Waals surface area contributed by atoms with Crippen molar-refractivity contribution in [3.05, 3.63) is 45.4 Å². The van der Waals surface area contributed by atoms with E-state index in [2.05, 4.69) is 4.98 Å². The molecule has 0 bridgehead atoms. The van der Waals surface area contributed by atoms with E-state index in [-0.39, 0.29) is 18.2 Å². The molecule has 0 saturated carbocycles. The van der Waals surface area contributed by atoms with Crippen molar-refractivity contribution in [1.29, 1.82) is 0 Å². The minimum atomic E-state index is 0.0451. The molecular formula is C18H20ClN3O3S. The third-order valence-electron chi connectivity index (χ3n) is 4.19. The number of halogens is 1. The number of ether oxygens (including phenoxy) is 1. The number of amides is 2. The zero-order chi connectivity index (χ0) is 18.5. The van der Waals surface area contributed by atoms with E-state index in [1.54, 1.807) is 41.0 Å². The highest BCUT2D eigenvalue weighted by molar-refractivity contribution is 7.09. The van der Waals surface area contributed by atoms with Crippen LogP contribution in [-0.2, 0) is 22.6 Å². The monoisotopic (exact) mass is 393 g/mol. The zero-order valence-electron chi connectivity index (χ0n) is 14.5. The molecule has 0 N–H and O–H groups in total. The van der Waals surface area contributed by atoms with Gasteiger partial charge in [-0.3, -0.25) is 9.59 Å². The summed E-state index contributed by atoms with van der Waals surface area (Å²) in [6, 6.07) is 7.16. The van der Waals surface area contributed by atoms with Crippen LogP contribution in [0.3, 0.4) is 0 Å². The Morgan fingerprint density at radius 2 is 1.81 bits per heavy atom. The molecule has 1 fully saturated rings. The predicted octanol–water partition coefficient (Wildman–Crippen LogP) is 2.61. The van der Waals surface area contributed by atoms with Crippen molar-refractivity contribution in [3.63, 3.8) is 0 Å². The normalized spacial score (nSPS) is 14.4. The molecule has 1 aliphatic heterocycles. The number of benzene rings is 1. The second-order valence-corrected chi connectivity index (χ2v) is 7.42. The third kappa shape index (κ3) is 4.95. The van der Waals surface area contributed by atoms with Gasteiger partial charge in [0, 0.05) is 43.5 Å². The average molecular weight is 394 g/mol. The largest absolute Gasteiger partial charge is 0.486 e. The lowest BCUT2D eigenvalue weighted by molar-refractivity contribution is -0.138. The van der Waals surface area contributed by atoms with Gasteiger partial charge in [0.1, 0.15) is 17.4 Å². The first-order valence-corrected chi connectivity index (χ1v) is 9.62. The highest BCUT2D eigenvalue weighted by Gasteiger charge is 2.22. The van der Waals surface area contributed by atoms with E-state index in [1.807, 2.05) is 5.38 Å². The number of nitrogens with zero attached hydrogens (tertiary/aromatic N) is 3. The van der Waals surface area contributed by atoms with Crippen LogP contribution < -0.4 is 4.74 Å². The van der Waals surface area contributed by atoms with Crippen molar-refractivity contribution in [3.8, 4) is 5.75 Å². The Kier molecular flexibility index (Phi) is 6.11. The van der Waals surface area contributed by atoms with Crippen LogP contribution in [0, 0.1) is 0 Å². The first-order valence-electron chi connectivity index (χ1n) is 8.36. The Morgan fingerprint density at radius 1 is 1.15 bits per heavy atom. The molecule has 1 aliphatic rings. The summed E-state index contributed by atoms with van der Waals surface area (Å²) in [4.78, 5) is 31.8. The first kappa shape index (κ1) is 18.7. The van der Waals surface area contributed by atoms with Crippen LogP contribution in [0.15, 0.2) is 29.6 Å². The Balaban J connectivity index is 1.48. The molecule has 2 amide bonds. The topological polar surface area (TPSA) is 62.7 Å². The standard InChI is InChI=1S/C18H20ClN3O3S/c1-13(23)21-6-8-22(9-7-21)18(24)10-15-12-26-17(20-15)11-25-16-4-2-14(19)3-5-16/h2-5,12H,6-11H2,1H3. The molecule has 1 aromatic heterocycles. The van der Waals surface area contributed by atoms with Gasteiger partial charge in [0.15, 0.2) is 0 Å². The maximum absolute atomic E-state index is 12.4. The summed E-state index contributed by atoms with van der Waals surface area (Å²) in [5.41, 5.74) is 0.753. The summed E-state index contributed by atoms with van der Waals surface area (Å²) >= 11 is 7.33. The van der Waals surface area contributed by atoms with Crippen molar-refractivity contribution in [2.75, 3.05) is 26.2 Å². The lowest BCUT2D eigenvalue weighted by Crippen LogP contribution is -2.50. The van der Waals surface area contributed by atoms with Crippen LogP contribution >= 0.6 is 22.9 Å². The van der Waals surface area contributed by atoms with Crippen LogP contribution in [0.5, 0.6) is 5.75 Å². The van der Waals surface area contributed by atoms with Gasteiger partial charge in [-0.2, -0.15) is 0 Å². The van der Waals surface area contributed by atoms with E-state index in [1.165, 1.54) is 11.3 Å². The van der Waals surface area contributed by atoms with Crippen molar-refractivity contribution in [2.45, 2.75) is 20.0 Å². The molecule has 0 radical (unpaired) electrons. The van der Waals surface area contributed by atoms with Crippen molar-refractivity contribution in [2.24, 2.45) is 0 Å². The molecule has 138 valence electrons. The molecular weight excluding hydrogens is 374 g/mol. The number of hydrogen-bond acceptors (Lipinski definition) is 5. The fourth-order valence-corrected chi connectivity index (χ4v) is 3.54. The number of piperazine rings is 1. The summed E-state index contributed by atoms with van der Waals surface area (Å²) < 4.78 is 5.67. The van der Waals surface area contributed by atoms with Crippen molar-refractivity contribution >= 4 is 34.8 Å². The van der Waals surface area contributed by atoms with Crippen molar-refractivity contribution < 1.29 is 14.3 Å². The van der Waals surface area contributed by atoms with Gasteiger partial charge in [-0.05, 0) is 24.3 Å². The van der Waals surface area contributed by atoms with Gasteiger partial charge in [0.25, 0.3) is 0 Å². The van der Waals surface area contributed by atoms with Crippen LogP contribution in [-0.4, -0.2) is 52.8 Å². The van der Waals surface area contributed by atoms with Gasteiger partial charge >= 0.3 is 0 Å². The second kappa shape index (κ2) is 8.51.